The first-order valence-corrected chi connectivity index (χ1v) is 10.1. The largest absolute Gasteiger partial charge is 0.507 e. The maximum atomic E-state index is 13.0. The standard InChI is InChI=1S/C23H27N3O4/c1-4-25(5-2)14-15-26-20(16-10-12-24-13-11-16)19(22(28)23(26)29)21(27)17-8-6-7-9-18(17)30-3/h6-13,20,27H,4-5,14-15H2,1-3H3/b21-19-. The van der Waals surface area contributed by atoms with Gasteiger partial charge in [-0.25, -0.2) is 0 Å². The molecule has 0 bridgehead atoms. The van der Waals surface area contributed by atoms with Crippen LogP contribution in [0.5, 0.6) is 5.75 Å². The number of aromatic nitrogens is 1. The van der Waals surface area contributed by atoms with Crippen LogP contribution in [0, 0.1) is 0 Å². The number of para-hydroxylation sites is 1. The third-order valence-electron chi connectivity index (χ3n) is 5.48. The molecule has 2 aromatic rings. The lowest BCUT2D eigenvalue weighted by atomic mass is 9.95. The van der Waals surface area contributed by atoms with E-state index in [1.807, 2.05) is 0 Å². The number of nitrogens with zero attached hydrogens (tertiary/aromatic N) is 3. The Morgan fingerprint density at radius 2 is 1.80 bits per heavy atom. The Bertz CT molecular complexity index is 938. The monoisotopic (exact) mass is 409 g/mol. The molecule has 30 heavy (non-hydrogen) atoms. The van der Waals surface area contributed by atoms with Gasteiger partial charge in [-0.1, -0.05) is 26.0 Å². The Morgan fingerprint density at radius 1 is 1.13 bits per heavy atom. The number of pyridine rings is 1. The van der Waals surface area contributed by atoms with Gasteiger partial charge in [-0.2, -0.15) is 0 Å². The third kappa shape index (κ3) is 4.07. The van der Waals surface area contributed by atoms with Gasteiger partial charge in [0.1, 0.15) is 11.5 Å². The molecule has 7 nitrogen and oxygen atoms in total. The van der Waals surface area contributed by atoms with E-state index in [4.69, 9.17) is 4.74 Å². The van der Waals surface area contributed by atoms with Gasteiger partial charge in [0.2, 0.25) is 0 Å². The Kier molecular flexibility index (Phi) is 6.84. The van der Waals surface area contributed by atoms with Crippen molar-refractivity contribution >= 4 is 17.4 Å². The molecule has 1 unspecified atom stereocenters. The van der Waals surface area contributed by atoms with E-state index in [-0.39, 0.29) is 11.3 Å². The van der Waals surface area contributed by atoms with Crippen LogP contribution in [0.2, 0.25) is 0 Å². The molecule has 1 fully saturated rings. The highest BCUT2D eigenvalue weighted by molar-refractivity contribution is 6.46. The molecule has 1 aliphatic rings. The first kappa shape index (κ1) is 21.5. The van der Waals surface area contributed by atoms with Crippen molar-refractivity contribution in [1.82, 2.24) is 14.8 Å². The minimum Gasteiger partial charge on any atom is -0.507 e. The lowest BCUT2D eigenvalue weighted by Gasteiger charge is -2.28. The first-order valence-electron chi connectivity index (χ1n) is 10.1. The minimum atomic E-state index is -0.695. The number of aliphatic hydroxyl groups is 1. The van der Waals surface area contributed by atoms with E-state index in [9.17, 15) is 14.7 Å². The van der Waals surface area contributed by atoms with Crippen molar-refractivity contribution in [2.45, 2.75) is 19.9 Å². The van der Waals surface area contributed by atoms with Crippen LogP contribution in [0.1, 0.15) is 31.0 Å². The highest BCUT2D eigenvalue weighted by atomic mass is 16.5. The summed E-state index contributed by atoms with van der Waals surface area (Å²) in [4.78, 5) is 33.7. The average molecular weight is 409 g/mol. The lowest BCUT2D eigenvalue weighted by molar-refractivity contribution is -0.140. The van der Waals surface area contributed by atoms with Crippen LogP contribution in [0.25, 0.3) is 5.76 Å². The minimum absolute atomic E-state index is 0.0650. The summed E-state index contributed by atoms with van der Waals surface area (Å²) in [5.41, 5.74) is 1.16. The number of carbonyl (C=O) groups is 2. The number of carbonyl (C=O) groups excluding carboxylic acids is 2. The summed E-state index contributed by atoms with van der Waals surface area (Å²) in [7, 11) is 1.50. The number of aliphatic hydroxyl groups excluding tert-OH is 1. The van der Waals surface area contributed by atoms with E-state index in [0.29, 0.717) is 24.4 Å². The molecule has 1 aromatic carbocycles. The van der Waals surface area contributed by atoms with Crippen LogP contribution in [-0.4, -0.2) is 64.9 Å². The fourth-order valence-electron chi connectivity index (χ4n) is 3.78. The molecule has 1 atom stereocenters. The van der Waals surface area contributed by atoms with Gasteiger partial charge in [0.25, 0.3) is 11.7 Å². The highest BCUT2D eigenvalue weighted by Gasteiger charge is 2.46. The quantitative estimate of drug-likeness (QED) is 0.410. The Labute approximate surface area is 176 Å². The van der Waals surface area contributed by atoms with Crippen molar-refractivity contribution in [3.05, 3.63) is 65.5 Å². The Balaban J connectivity index is 2.11. The summed E-state index contributed by atoms with van der Waals surface area (Å²) in [5.74, 6) is -1.11. The number of likely N-dealkylation sites (tertiary alicyclic amines) is 1. The lowest BCUT2D eigenvalue weighted by Crippen LogP contribution is -2.38. The van der Waals surface area contributed by atoms with Crippen molar-refractivity contribution in [2.75, 3.05) is 33.3 Å². The molecule has 2 heterocycles. The van der Waals surface area contributed by atoms with Gasteiger partial charge in [-0.3, -0.25) is 14.6 Å². The van der Waals surface area contributed by atoms with Crippen LogP contribution in [0.15, 0.2) is 54.4 Å². The molecule has 158 valence electrons. The fraction of sp³-hybridized carbons (Fsp3) is 0.348. The number of hydrogen-bond acceptors (Lipinski definition) is 6. The second kappa shape index (κ2) is 9.54. The zero-order chi connectivity index (χ0) is 21.7. The number of amides is 1. The molecule has 7 heteroatoms. The van der Waals surface area contributed by atoms with Crippen LogP contribution in [0.4, 0.5) is 0 Å². The number of benzene rings is 1. The van der Waals surface area contributed by atoms with Crippen molar-refractivity contribution in [3.8, 4) is 5.75 Å². The van der Waals surface area contributed by atoms with Gasteiger partial charge in [0.15, 0.2) is 0 Å². The first-order chi connectivity index (χ1) is 14.5. The molecule has 0 spiro atoms. The highest BCUT2D eigenvalue weighted by Crippen LogP contribution is 2.40. The summed E-state index contributed by atoms with van der Waals surface area (Å²) in [6, 6.07) is 9.73. The maximum absolute atomic E-state index is 13.0. The maximum Gasteiger partial charge on any atom is 0.295 e. The second-order valence-electron chi connectivity index (χ2n) is 7.00. The van der Waals surface area contributed by atoms with Gasteiger partial charge in [0.05, 0.1) is 24.3 Å². The van der Waals surface area contributed by atoms with Crippen molar-refractivity contribution in [3.63, 3.8) is 0 Å². The van der Waals surface area contributed by atoms with Gasteiger partial charge in [0, 0.05) is 25.5 Å². The topological polar surface area (TPSA) is 83.0 Å². The summed E-state index contributed by atoms with van der Waals surface area (Å²) in [6.07, 6.45) is 3.23. The molecule has 1 aliphatic heterocycles. The van der Waals surface area contributed by atoms with Gasteiger partial charge >= 0.3 is 0 Å². The van der Waals surface area contributed by atoms with Crippen LogP contribution in [-0.2, 0) is 9.59 Å². The molecular formula is C23H27N3O4. The van der Waals surface area contributed by atoms with Crippen LogP contribution >= 0.6 is 0 Å². The summed E-state index contributed by atoms with van der Waals surface area (Å²) < 4.78 is 5.34. The number of likely N-dealkylation sites (N-methyl/N-ethyl adjacent to an activating group) is 1. The molecule has 1 amide bonds. The smallest absolute Gasteiger partial charge is 0.295 e. The normalized spacial score (nSPS) is 18.3. The zero-order valence-corrected chi connectivity index (χ0v) is 17.5. The molecule has 3 rings (SSSR count). The summed E-state index contributed by atoms with van der Waals surface area (Å²) >= 11 is 0. The van der Waals surface area contributed by atoms with Crippen LogP contribution in [0.3, 0.4) is 0 Å². The van der Waals surface area contributed by atoms with E-state index in [2.05, 4.69) is 23.7 Å². The third-order valence-corrected chi connectivity index (χ3v) is 5.48. The number of hydrogen-bond donors (Lipinski definition) is 1. The predicted molar refractivity (Wildman–Crippen MR) is 114 cm³/mol. The van der Waals surface area contributed by atoms with E-state index in [1.165, 1.54) is 12.0 Å². The fourth-order valence-corrected chi connectivity index (χ4v) is 3.78. The van der Waals surface area contributed by atoms with Gasteiger partial charge in [-0.05, 0) is 42.9 Å². The zero-order valence-electron chi connectivity index (χ0n) is 17.5. The van der Waals surface area contributed by atoms with E-state index in [0.717, 1.165) is 18.7 Å². The molecule has 1 saturated heterocycles. The number of Topliss-reactive ketones (excluding diaryl/α,β-unsaturated/α-hetero) is 1. The van der Waals surface area contributed by atoms with Crippen molar-refractivity contribution in [2.24, 2.45) is 0 Å². The van der Waals surface area contributed by atoms with Crippen LogP contribution < -0.4 is 4.74 Å². The number of ketones is 1. The van der Waals surface area contributed by atoms with Crippen molar-refractivity contribution in [1.29, 1.82) is 0 Å². The molecule has 0 aliphatic carbocycles. The molecule has 0 radical (unpaired) electrons. The Hall–Kier alpha value is -3.19. The van der Waals surface area contributed by atoms with E-state index >= 15 is 0 Å². The molecule has 1 aromatic heterocycles. The number of ether oxygens (including phenoxy) is 1. The Morgan fingerprint density at radius 3 is 2.43 bits per heavy atom. The predicted octanol–water partition coefficient (Wildman–Crippen LogP) is 2.85. The van der Waals surface area contributed by atoms with Gasteiger partial charge in [-0.15, -0.1) is 0 Å². The summed E-state index contributed by atoms with van der Waals surface area (Å²) in [6.45, 7) is 6.82. The average Bonchev–Trinajstić information content (AvgIpc) is 3.04. The second-order valence-corrected chi connectivity index (χ2v) is 7.00. The summed E-state index contributed by atoms with van der Waals surface area (Å²) in [5, 5.41) is 11.1. The molecule has 1 N–H and O–H groups in total. The SMILES string of the molecule is CCN(CC)CCN1C(=O)C(=O)/C(=C(\O)c2ccccc2OC)C1c1ccncc1. The number of rotatable bonds is 8. The van der Waals surface area contributed by atoms with Crippen molar-refractivity contribution < 1.29 is 19.4 Å². The van der Waals surface area contributed by atoms with E-state index in [1.54, 1.807) is 48.8 Å². The number of methoxy groups -OCH3 is 1. The molecular weight excluding hydrogens is 382 g/mol. The van der Waals surface area contributed by atoms with E-state index < -0.39 is 17.7 Å². The molecule has 0 saturated carbocycles. The van der Waals surface area contributed by atoms with Gasteiger partial charge < -0.3 is 19.6 Å².